The molecule has 7 nitrogen and oxygen atoms in total. The first kappa shape index (κ1) is 23.4. The summed E-state index contributed by atoms with van der Waals surface area (Å²) in [5.41, 5.74) is 0.943. The molecule has 160 valence electrons. The maximum absolute atomic E-state index is 12.6. The van der Waals surface area contributed by atoms with E-state index in [0.29, 0.717) is 24.4 Å². The van der Waals surface area contributed by atoms with Crippen LogP contribution in [0.3, 0.4) is 0 Å². The lowest BCUT2D eigenvalue weighted by atomic mass is 10.2. The van der Waals surface area contributed by atoms with Gasteiger partial charge in [0.2, 0.25) is 0 Å². The molecule has 0 aromatic heterocycles. The number of carbonyl (C=O) groups is 2. The Bertz CT molecular complexity index is 860. The van der Waals surface area contributed by atoms with Gasteiger partial charge in [-0.3, -0.25) is 0 Å². The third-order valence-electron chi connectivity index (χ3n) is 4.36. The molecule has 30 heavy (non-hydrogen) atoms. The summed E-state index contributed by atoms with van der Waals surface area (Å²) in [5, 5.41) is 10.3. The summed E-state index contributed by atoms with van der Waals surface area (Å²) < 4.78 is 15.5. The van der Waals surface area contributed by atoms with E-state index in [1.807, 2.05) is 29.2 Å². The van der Waals surface area contributed by atoms with Crippen molar-refractivity contribution in [2.75, 3.05) is 31.8 Å². The van der Waals surface area contributed by atoms with E-state index in [-0.39, 0.29) is 18.8 Å². The van der Waals surface area contributed by atoms with Crippen LogP contribution >= 0.6 is 11.8 Å². The first-order valence-corrected chi connectivity index (χ1v) is 10.6. The second kappa shape index (κ2) is 11.9. The quantitative estimate of drug-likeness (QED) is 0.223. The van der Waals surface area contributed by atoms with Crippen molar-refractivity contribution in [3.63, 3.8) is 0 Å². The molecule has 0 unspecified atom stereocenters. The fourth-order valence-electron chi connectivity index (χ4n) is 2.77. The Morgan fingerprint density at radius 2 is 1.97 bits per heavy atom. The van der Waals surface area contributed by atoms with Crippen molar-refractivity contribution in [1.29, 1.82) is 5.26 Å². The second-order valence-electron chi connectivity index (χ2n) is 6.45. The lowest BCUT2D eigenvalue weighted by Crippen LogP contribution is -2.22. The van der Waals surface area contributed by atoms with Crippen molar-refractivity contribution < 1.29 is 23.8 Å². The number of esters is 2. The molecule has 8 heteroatoms. The number of nitrogens with zero attached hydrogens (tertiary/aromatic N) is 2. The number of ether oxygens (including phenoxy) is 3. The summed E-state index contributed by atoms with van der Waals surface area (Å²) in [5.74, 6) is -0.411. The van der Waals surface area contributed by atoms with Gasteiger partial charge in [-0.05, 0) is 37.5 Å². The highest BCUT2D eigenvalue weighted by molar-refractivity contribution is 8.03. The van der Waals surface area contributed by atoms with Crippen molar-refractivity contribution in [3.05, 3.63) is 41.5 Å². The smallest absolute Gasteiger partial charge is 0.351 e. The minimum atomic E-state index is -0.649. The minimum Gasteiger partial charge on any atom is -0.497 e. The number of unbranched alkanes of at least 4 members (excludes halogenated alkanes) is 2. The molecule has 0 N–H and O–H groups in total. The Morgan fingerprint density at radius 1 is 1.23 bits per heavy atom. The summed E-state index contributed by atoms with van der Waals surface area (Å²) in [7, 11) is 1.60. The zero-order chi connectivity index (χ0) is 21.9. The Hall–Kier alpha value is -2.92. The first-order valence-electron chi connectivity index (χ1n) is 9.79. The summed E-state index contributed by atoms with van der Waals surface area (Å²) >= 11 is 1.37. The van der Waals surface area contributed by atoms with Crippen LogP contribution in [-0.2, 0) is 19.1 Å². The predicted molar refractivity (Wildman–Crippen MR) is 115 cm³/mol. The van der Waals surface area contributed by atoms with Gasteiger partial charge >= 0.3 is 11.9 Å². The summed E-state index contributed by atoms with van der Waals surface area (Å²) in [6.07, 6.45) is 4.08. The van der Waals surface area contributed by atoms with E-state index in [1.165, 1.54) is 11.8 Å². The number of anilines is 1. The number of thioether (sulfide) groups is 1. The number of carbonyl (C=O) groups excluding carboxylic acids is 2. The zero-order valence-electron chi connectivity index (χ0n) is 17.3. The van der Waals surface area contributed by atoms with Gasteiger partial charge in [0.25, 0.3) is 0 Å². The fourth-order valence-corrected chi connectivity index (χ4v) is 3.97. The lowest BCUT2D eigenvalue weighted by Gasteiger charge is -2.21. The van der Waals surface area contributed by atoms with Crippen molar-refractivity contribution in [2.45, 2.75) is 37.5 Å². The highest BCUT2D eigenvalue weighted by atomic mass is 32.2. The fraction of sp³-hybridized carbons (Fsp3) is 0.409. The van der Waals surface area contributed by atoms with E-state index in [2.05, 4.69) is 13.5 Å². The summed E-state index contributed by atoms with van der Waals surface area (Å²) in [6, 6.07) is 7.72. The molecule has 0 saturated carbocycles. The van der Waals surface area contributed by atoms with Gasteiger partial charge in [0, 0.05) is 17.5 Å². The van der Waals surface area contributed by atoms with Crippen LogP contribution in [0.2, 0.25) is 0 Å². The second-order valence-corrected chi connectivity index (χ2v) is 7.48. The van der Waals surface area contributed by atoms with Gasteiger partial charge in [-0.2, -0.15) is 5.26 Å². The number of benzene rings is 1. The van der Waals surface area contributed by atoms with E-state index in [1.54, 1.807) is 7.11 Å². The Morgan fingerprint density at radius 3 is 2.60 bits per heavy atom. The molecule has 0 bridgehead atoms. The third-order valence-corrected chi connectivity index (χ3v) is 5.52. The average molecular weight is 431 g/mol. The molecule has 0 spiro atoms. The molecule has 1 aromatic carbocycles. The van der Waals surface area contributed by atoms with Crippen LogP contribution in [0.1, 0.15) is 32.6 Å². The number of fused-ring (bicyclic) bond motifs is 1. The van der Waals surface area contributed by atoms with Gasteiger partial charge in [-0.1, -0.05) is 31.7 Å². The van der Waals surface area contributed by atoms with E-state index in [4.69, 9.17) is 14.2 Å². The monoisotopic (exact) mass is 430 g/mol. The molecular formula is C22H26N2O5S. The number of hydrogen-bond acceptors (Lipinski definition) is 8. The third kappa shape index (κ3) is 6.04. The van der Waals surface area contributed by atoms with E-state index in [0.717, 1.165) is 35.3 Å². The average Bonchev–Trinajstić information content (AvgIpc) is 3.11. The van der Waals surface area contributed by atoms with E-state index >= 15 is 0 Å². The summed E-state index contributed by atoms with van der Waals surface area (Å²) in [6.45, 7) is 6.48. The number of methoxy groups -OCH3 is 1. The van der Waals surface area contributed by atoms with Crippen LogP contribution in [0.15, 0.2) is 46.4 Å². The van der Waals surface area contributed by atoms with Crippen LogP contribution in [-0.4, -0.2) is 38.8 Å². The molecular weight excluding hydrogens is 404 g/mol. The molecule has 0 aliphatic carbocycles. The molecule has 0 amide bonds. The number of rotatable bonds is 11. The van der Waals surface area contributed by atoms with Crippen LogP contribution in [0, 0.1) is 11.3 Å². The van der Waals surface area contributed by atoms with Crippen LogP contribution in [0.25, 0.3) is 0 Å². The van der Waals surface area contributed by atoms with Gasteiger partial charge in [0.15, 0.2) is 5.57 Å². The molecule has 0 fully saturated rings. The normalized spacial score (nSPS) is 13.8. The Labute approximate surface area is 181 Å². The molecule has 1 aliphatic heterocycles. The molecule has 1 heterocycles. The van der Waals surface area contributed by atoms with Crippen LogP contribution in [0.5, 0.6) is 5.75 Å². The minimum absolute atomic E-state index is 0.00986. The molecule has 2 rings (SSSR count). The lowest BCUT2D eigenvalue weighted by molar-refractivity contribution is -0.140. The van der Waals surface area contributed by atoms with E-state index in [9.17, 15) is 14.9 Å². The predicted octanol–water partition coefficient (Wildman–Crippen LogP) is 4.20. The van der Waals surface area contributed by atoms with Gasteiger partial charge in [0.1, 0.15) is 16.8 Å². The van der Waals surface area contributed by atoms with Gasteiger partial charge < -0.3 is 19.1 Å². The SMILES string of the molecule is C=CC(=O)OCCCCOC(=O)/C(C#N)=C1\Sc2cc(OC)ccc2N1CCCC. The highest BCUT2D eigenvalue weighted by Gasteiger charge is 2.31. The number of nitriles is 1. The molecule has 0 saturated heterocycles. The van der Waals surface area contributed by atoms with Crippen molar-refractivity contribution in [2.24, 2.45) is 0 Å². The largest absolute Gasteiger partial charge is 0.497 e. The van der Waals surface area contributed by atoms with E-state index < -0.39 is 11.9 Å². The Balaban J connectivity index is 2.07. The topological polar surface area (TPSA) is 88.9 Å². The van der Waals surface area contributed by atoms with Crippen LogP contribution < -0.4 is 9.64 Å². The van der Waals surface area contributed by atoms with Gasteiger partial charge in [-0.25, -0.2) is 9.59 Å². The first-order chi connectivity index (χ1) is 14.5. The van der Waals surface area contributed by atoms with Crippen molar-refractivity contribution >= 4 is 29.4 Å². The van der Waals surface area contributed by atoms with Gasteiger partial charge in [0.05, 0.1) is 26.0 Å². The standard InChI is InChI=1S/C22H26N2O5S/c1-4-6-11-24-18-10-9-16(27-3)14-19(18)30-21(24)17(15-23)22(26)29-13-8-7-12-28-20(25)5-2/h5,9-10,14H,2,4,6-8,11-13H2,1,3H3/b21-17-. The maximum Gasteiger partial charge on any atom is 0.351 e. The van der Waals surface area contributed by atoms with Crippen molar-refractivity contribution in [3.8, 4) is 11.8 Å². The Kier molecular flexibility index (Phi) is 9.29. The molecule has 1 aromatic rings. The molecule has 0 atom stereocenters. The number of hydrogen-bond donors (Lipinski definition) is 0. The summed E-state index contributed by atoms with van der Waals surface area (Å²) in [4.78, 5) is 26.5. The molecule has 1 aliphatic rings. The van der Waals surface area contributed by atoms with Crippen LogP contribution in [0.4, 0.5) is 5.69 Å². The highest BCUT2D eigenvalue weighted by Crippen LogP contribution is 2.48. The van der Waals surface area contributed by atoms with Crippen molar-refractivity contribution in [1.82, 2.24) is 0 Å². The molecule has 0 radical (unpaired) electrons. The maximum atomic E-state index is 12.6. The van der Waals surface area contributed by atoms with Gasteiger partial charge in [-0.15, -0.1) is 0 Å². The zero-order valence-corrected chi connectivity index (χ0v) is 18.1.